The molecule has 0 spiro atoms. The second-order valence-electron chi connectivity index (χ2n) is 5.12. The third-order valence-electron chi connectivity index (χ3n) is 3.29. The molecule has 0 fully saturated rings. The molecule has 1 aromatic heterocycles. The zero-order valence-corrected chi connectivity index (χ0v) is 14.5. The van der Waals surface area contributed by atoms with Crippen LogP contribution in [0.15, 0.2) is 66.9 Å². The van der Waals surface area contributed by atoms with Gasteiger partial charge >= 0.3 is 0 Å². The normalized spacial score (nSPS) is 9.84. The summed E-state index contributed by atoms with van der Waals surface area (Å²) in [6.07, 6.45) is 1.69. The fraction of sp³-hybridized carbons (Fsp3) is 0. The Labute approximate surface area is 155 Å². The number of anilines is 1. The van der Waals surface area contributed by atoms with Crippen molar-refractivity contribution < 1.29 is 4.79 Å². The molecular weight excluding hydrogens is 355 g/mol. The first-order chi connectivity index (χ1) is 12.1. The Hall–Kier alpha value is -2.80. The molecule has 122 valence electrons. The number of aromatic nitrogens is 1. The van der Waals surface area contributed by atoms with E-state index in [2.05, 4.69) is 22.1 Å². The monoisotopic (exact) mass is 366 g/mol. The van der Waals surface area contributed by atoms with Gasteiger partial charge in [-0.15, -0.1) is 0 Å². The summed E-state index contributed by atoms with van der Waals surface area (Å²) >= 11 is 12.0. The number of carbonyl (C=O) groups is 1. The average molecular weight is 367 g/mol. The molecule has 1 amide bonds. The van der Waals surface area contributed by atoms with Gasteiger partial charge in [0.2, 0.25) is 0 Å². The highest BCUT2D eigenvalue weighted by Crippen LogP contribution is 2.22. The van der Waals surface area contributed by atoms with Gasteiger partial charge in [-0.3, -0.25) is 4.79 Å². The molecule has 1 heterocycles. The second-order valence-corrected chi connectivity index (χ2v) is 5.97. The molecule has 1 N–H and O–H groups in total. The maximum Gasteiger partial charge on any atom is 0.257 e. The summed E-state index contributed by atoms with van der Waals surface area (Å²) in [6, 6.07) is 17.5. The fourth-order valence-corrected chi connectivity index (χ4v) is 2.49. The molecule has 0 saturated heterocycles. The number of carbonyl (C=O) groups excluding carboxylic acids is 1. The maximum atomic E-state index is 12.4. The van der Waals surface area contributed by atoms with Crippen molar-refractivity contribution in [2.75, 3.05) is 5.32 Å². The summed E-state index contributed by atoms with van der Waals surface area (Å²) in [5.74, 6) is 5.67. The molecule has 0 radical (unpaired) electrons. The summed E-state index contributed by atoms with van der Waals surface area (Å²) in [5, 5.41) is 3.59. The average Bonchev–Trinajstić information content (AvgIpc) is 2.63. The highest BCUT2D eigenvalue weighted by molar-refractivity contribution is 6.36. The predicted octanol–water partition coefficient (Wildman–Crippen LogP) is 5.04. The van der Waals surface area contributed by atoms with E-state index >= 15 is 0 Å². The van der Waals surface area contributed by atoms with Crippen LogP contribution in [0.25, 0.3) is 0 Å². The number of pyridine rings is 1. The molecule has 3 aromatic rings. The Morgan fingerprint density at radius 1 is 0.960 bits per heavy atom. The van der Waals surface area contributed by atoms with Gasteiger partial charge in [-0.25, -0.2) is 4.98 Å². The van der Waals surface area contributed by atoms with E-state index in [1.807, 2.05) is 30.3 Å². The zero-order chi connectivity index (χ0) is 17.6. The molecule has 0 aliphatic heterocycles. The van der Waals surface area contributed by atoms with E-state index in [0.29, 0.717) is 27.0 Å². The maximum absolute atomic E-state index is 12.4. The molecule has 0 aliphatic rings. The molecule has 5 heteroatoms. The summed E-state index contributed by atoms with van der Waals surface area (Å²) < 4.78 is 0. The molecule has 2 aromatic carbocycles. The minimum atomic E-state index is -0.331. The van der Waals surface area contributed by atoms with Crippen molar-refractivity contribution in [3.05, 3.63) is 93.7 Å². The van der Waals surface area contributed by atoms with Crippen molar-refractivity contribution in [1.29, 1.82) is 0 Å². The van der Waals surface area contributed by atoms with Crippen LogP contribution in [-0.2, 0) is 0 Å². The van der Waals surface area contributed by atoms with Gasteiger partial charge in [0.1, 0.15) is 5.69 Å². The van der Waals surface area contributed by atoms with E-state index in [0.717, 1.165) is 5.56 Å². The third-order valence-corrected chi connectivity index (χ3v) is 3.86. The van der Waals surface area contributed by atoms with E-state index in [-0.39, 0.29) is 5.91 Å². The van der Waals surface area contributed by atoms with Crippen LogP contribution in [0.3, 0.4) is 0 Å². The first-order valence-electron chi connectivity index (χ1n) is 7.41. The van der Waals surface area contributed by atoms with Crippen LogP contribution in [0.2, 0.25) is 10.0 Å². The van der Waals surface area contributed by atoms with Crippen LogP contribution in [0.4, 0.5) is 5.69 Å². The van der Waals surface area contributed by atoms with Crippen molar-refractivity contribution in [1.82, 2.24) is 4.98 Å². The summed E-state index contributed by atoms with van der Waals surface area (Å²) in [4.78, 5) is 16.5. The highest BCUT2D eigenvalue weighted by atomic mass is 35.5. The fourth-order valence-electron chi connectivity index (χ4n) is 2.12. The second kappa shape index (κ2) is 7.85. The smallest absolute Gasteiger partial charge is 0.257 e. The standard InChI is InChI=1S/C20H12Cl2N2O/c21-15-8-10-19(22)18(13-15)20(25)24-17-6-3-4-14(12-17)7-9-16-5-1-2-11-23-16/h1-6,8,10-13H,(H,24,25). The molecule has 0 unspecified atom stereocenters. The topological polar surface area (TPSA) is 42.0 Å². The number of rotatable bonds is 2. The van der Waals surface area contributed by atoms with Crippen molar-refractivity contribution in [2.45, 2.75) is 0 Å². The summed E-state index contributed by atoms with van der Waals surface area (Å²) in [5.41, 5.74) is 2.39. The van der Waals surface area contributed by atoms with Crippen LogP contribution >= 0.6 is 23.2 Å². The van der Waals surface area contributed by atoms with Gasteiger partial charge in [0.25, 0.3) is 5.91 Å². The van der Waals surface area contributed by atoms with Gasteiger partial charge in [-0.2, -0.15) is 0 Å². The van der Waals surface area contributed by atoms with E-state index in [1.165, 1.54) is 6.07 Å². The number of benzene rings is 2. The Bertz CT molecular complexity index is 976. The zero-order valence-electron chi connectivity index (χ0n) is 13.0. The quantitative estimate of drug-likeness (QED) is 0.645. The molecular formula is C20H12Cl2N2O. The van der Waals surface area contributed by atoms with Crippen LogP contribution in [-0.4, -0.2) is 10.9 Å². The first kappa shape index (κ1) is 17.0. The van der Waals surface area contributed by atoms with E-state index in [1.54, 1.807) is 30.5 Å². The summed E-state index contributed by atoms with van der Waals surface area (Å²) in [7, 11) is 0. The van der Waals surface area contributed by atoms with Gasteiger partial charge in [0, 0.05) is 22.5 Å². The molecule has 0 aliphatic carbocycles. The van der Waals surface area contributed by atoms with Crippen molar-refractivity contribution in [3.8, 4) is 11.8 Å². The van der Waals surface area contributed by atoms with Crippen LogP contribution in [0.1, 0.15) is 21.6 Å². The van der Waals surface area contributed by atoms with Gasteiger partial charge in [0.15, 0.2) is 0 Å². The number of nitrogens with one attached hydrogen (secondary N) is 1. The van der Waals surface area contributed by atoms with E-state index < -0.39 is 0 Å². The molecule has 0 saturated carbocycles. The van der Waals surface area contributed by atoms with Crippen molar-refractivity contribution in [3.63, 3.8) is 0 Å². The Morgan fingerprint density at radius 3 is 2.64 bits per heavy atom. The molecule has 3 rings (SSSR count). The van der Waals surface area contributed by atoms with Gasteiger partial charge in [0.05, 0.1) is 10.6 Å². The van der Waals surface area contributed by atoms with Crippen LogP contribution in [0.5, 0.6) is 0 Å². The van der Waals surface area contributed by atoms with Gasteiger partial charge < -0.3 is 5.32 Å². The lowest BCUT2D eigenvalue weighted by atomic mass is 10.1. The Balaban J connectivity index is 1.79. The highest BCUT2D eigenvalue weighted by Gasteiger charge is 2.11. The molecule has 0 bridgehead atoms. The largest absolute Gasteiger partial charge is 0.322 e. The number of amides is 1. The molecule has 0 atom stereocenters. The van der Waals surface area contributed by atoms with Crippen molar-refractivity contribution in [2.24, 2.45) is 0 Å². The first-order valence-corrected chi connectivity index (χ1v) is 8.17. The van der Waals surface area contributed by atoms with Gasteiger partial charge in [-0.1, -0.05) is 41.3 Å². The predicted molar refractivity (Wildman–Crippen MR) is 101 cm³/mol. The molecule has 3 nitrogen and oxygen atoms in total. The van der Waals surface area contributed by atoms with Crippen LogP contribution in [0, 0.1) is 11.8 Å². The lowest BCUT2D eigenvalue weighted by Crippen LogP contribution is -2.12. The lowest BCUT2D eigenvalue weighted by Gasteiger charge is -2.07. The Kier molecular flexibility index (Phi) is 5.35. The van der Waals surface area contributed by atoms with E-state index in [9.17, 15) is 4.79 Å². The number of nitrogens with zero attached hydrogens (tertiary/aromatic N) is 1. The van der Waals surface area contributed by atoms with E-state index in [4.69, 9.17) is 23.2 Å². The number of hydrogen-bond donors (Lipinski definition) is 1. The minimum Gasteiger partial charge on any atom is -0.322 e. The SMILES string of the molecule is O=C(Nc1cccc(C#Cc2ccccn2)c1)c1cc(Cl)ccc1Cl. The summed E-state index contributed by atoms with van der Waals surface area (Å²) in [6.45, 7) is 0. The third kappa shape index (κ3) is 4.60. The lowest BCUT2D eigenvalue weighted by molar-refractivity contribution is 0.102. The van der Waals surface area contributed by atoms with Gasteiger partial charge in [-0.05, 0) is 54.5 Å². The van der Waals surface area contributed by atoms with Crippen molar-refractivity contribution >= 4 is 34.8 Å². The molecule has 25 heavy (non-hydrogen) atoms. The number of halogens is 2. The Morgan fingerprint density at radius 2 is 1.84 bits per heavy atom. The minimum absolute atomic E-state index is 0.319. The number of hydrogen-bond acceptors (Lipinski definition) is 2. The van der Waals surface area contributed by atoms with Crippen LogP contribution < -0.4 is 5.32 Å².